The Kier molecular flexibility index (Phi) is 33.0. The molecule has 0 unspecified atom stereocenters. The molecular formula is C67H114N12O12S. The summed E-state index contributed by atoms with van der Waals surface area (Å²) in [6, 6.07) is -7.71. The molecule has 1 aliphatic heterocycles. The Morgan fingerprint density at radius 3 is 1.39 bits per heavy atom. The number of nitrogens with one attached hydrogen (secondary N) is 4. The first kappa shape index (κ1) is 81.5. The molecule has 92 heavy (non-hydrogen) atoms. The molecule has 24 nitrogen and oxygen atoms in total. The summed E-state index contributed by atoms with van der Waals surface area (Å²) < 4.78 is 0. The second kappa shape index (κ2) is 37.3. The van der Waals surface area contributed by atoms with Gasteiger partial charge in [0, 0.05) is 55.5 Å². The van der Waals surface area contributed by atoms with E-state index in [2.05, 4.69) is 26.3 Å². The highest BCUT2D eigenvalue weighted by atomic mass is 32.2. The standard InChI is InChI=1S/C67H114N12O12S/c1-25-27-30-43(15)55(80)54-59(84)71-46(26-2)61(86)79(24)67(92-51-31-28-29-32-68-51)66(91)74(19)48(34-38(5)6)58(83)72-52(41(11)12)64(89)73(18)47(33-37(3)4)57(82)69-44(16)56(81)70-45(17)60(85)75(20)49(35-39(7)8)62(87)76(21)50(36-40(9)10)63(88)77(22)53(42(13)14)65(90)78(54)23/h25,27-29,31-32,37-50,52-55,67,80H,26,30,33-36H2,1-24H3,(H,69,82)(H,70,81)(H,71,84)(H,72,83)/b27-25+/t43-,44+,45-,46+,47+,48+,49+,50+,52+,53+,54+,55-,67-/m1/s1. The van der Waals surface area contributed by atoms with Gasteiger partial charge in [-0.3, -0.25) is 52.7 Å². The number of carbonyl (C=O) groups excluding carboxylic acids is 11. The molecule has 13 atom stereocenters. The average Bonchev–Trinajstić information content (AvgIpc) is 0.814. The first-order valence-corrected chi connectivity index (χ1v) is 33.5. The zero-order chi connectivity index (χ0) is 70.7. The van der Waals surface area contributed by atoms with Crippen molar-refractivity contribution in [3.8, 4) is 0 Å². The predicted molar refractivity (Wildman–Crippen MR) is 357 cm³/mol. The van der Waals surface area contributed by atoms with Crippen LogP contribution < -0.4 is 21.3 Å². The Hall–Kier alpha value is -6.63. The first-order chi connectivity index (χ1) is 42.7. The van der Waals surface area contributed by atoms with Gasteiger partial charge in [-0.25, -0.2) is 4.98 Å². The molecule has 25 heteroatoms. The molecule has 0 spiro atoms. The van der Waals surface area contributed by atoms with Crippen molar-refractivity contribution in [2.45, 2.75) is 233 Å². The lowest BCUT2D eigenvalue weighted by atomic mass is 9.91. The zero-order valence-electron chi connectivity index (χ0n) is 59.6. The number of allylic oxidation sites excluding steroid dienone is 2. The number of nitrogens with zero attached hydrogens (tertiary/aromatic N) is 8. The minimum atomic E-state index is -1.66. The molecule has 0 aromatic carbocycles. The summed E-state index contributed by atoms with van der Waals surface area (Å²) in [6.07, 6.45) is 4.35. The number of thioether (sulfide) groups is 1. The number of carbonyl (C=O) groups is 11. The smallest absolute Gasteiger partial charge is 0.256 e. The summed E-state index contributed by atoms with van der Waals surface area (Å²) in [4.78, 5) is 177. The summed E-state index contributed by atoms with van der Waals surface area (Å²) in [5.41, 5.74) is 0. The predicted octanol–water partition coefficient (Wildman–Crippen LogP) is 4.78. The third-order valence-electron chi connectivity index (χ3n) is 17.1. The summed E-state index contributed by atoms with van der Waals surface area (Å²) >= 11 is 0.925. The maximum atomic E-state index is 15.3. The second-order valence-corrected chi connectivity index (χ2v) is 28.5. The van der Waals surface area contributed by atoms with E-state index in [0.29, 0.717) is 5.03 Å². The molecule has 5 N–H and O–H groups in total. The second-order valence-electron chi connectivity index (χ2n) is 27.4. The largest absolute Gasteiger partial charge is 0.390 e. The van der Waals surface area contributed by atoms with Gasteiger partial charge in [0.2, 0.25) is 59.1 Å². The molecule has 11 amide bonds. The Morgan fingerprint density at radius 1 is 0.489 bits per heavy atom. The van der Waals surface area contributed by atoms with Crippen LogP contribution in [0.4, 0.5) is 0 Å². The number of rotatable bonds is 17. The van der Waals surface area contributed by atoms with Crippen LogP contribution in [-0.4, -0.2) is 231 Å². The van der Waals surface area contributed by atoms with E-state index in [1.54, 1.807) is 78.8 Å². The number of hydrogen-bond acceptors (Lipinski definition) is 14. The van der Waals surface area contributed by atoms with Crippen molar-refractivity contribution in [2.75, 3.05) is 49.3 Å². The molecule has 0 bridgehead atoms. The van der Waals surface area contributed by atoms with Crippen molar-refractivity contribution in [2.24, 2.45) is 41.4 Å². The van der Waals surface area contributed by atoms with Crippen LogP contribution in [0.1, 0.15) is 156 Å². The highest BCUT2D eigenvalue weighted by Gasteiger charge is 2.46. The van der Waals surface area contributed by atoms with Crippen LogP contribution in [-0.2, 0) is 52.7 Å². The number of likely N-dealkylation sites (N-methyl/N-ethyl adjacent to an activating group) is 7. The number of hydrogen-bond donors (Lipinski definition) is 5. The molecular weight excluding hydrogens is 1200 g/mol. The van der Waals surface area contributed by atoms with Gasteiger partial charge in [0.1, 0.15) is 60.4 Å². The van der Waals surface area contributed by atoms with Crippen molar-refractivity contribution >= 4 is 76.7 Å². The molecule has 1 saturated heterocycles. The maximum absolute atomic E-state index is 15.3. The monoisotopic (exact) mass is 1310 g/mol. The fourth-order valence-electron chi connectivity index (χ4n) is 11.4. The Bertz CT molecular complexity index is 2690. The van der Waals surface area contributed by atoms with E-state index in [9.17, 15) is 29.1 Å². The molecule has 520 valence electrons. The number of aliphatic hydroxyl groups is 1. The molecule has 2 heterocycles. The van der Waals surface area contributed by atoms with Crippen molar-refractivity contribution in [3.63, 3.8) is 0 Å². The third-order valence-corrected chi connectivity index (χ3v) is 18.3. The van der Waals surface area contributed by atoms with Crippen LogP contribution >= 0.6 is 11.8 Å². The van der Waals surface area contributed by atoms with Gasteiger partial charge in [0.25, 0.3) is 5.91 Å². The van der Waals surface area contributed by atoms with Gasteiger partial charge in [-0.1, -0.05) is 127 Å². The fourth-order valence-corrected chi connectivity index (χ4v) is 12.4. The van der Waals surface area contributed by atoms with Gasteiger partial charge in [0.05, 0.1) is 11.1 Å². The van der Waals surface area contributed by atoms with Crippen molar-refractivity contribution < 1.29 is 57.8 Å². The summed E-state index contributed by atoms with van der Waals surface area (Å²) in [5, 5.41) is 22.3. The van der Waals surface area contributed by atoms with Crippen molar-refractivity contribution in [1.82, 2.24) is 60.6 Å². The summed E-state index contributed by atoms with van der Waals surface area (Å²) in [6.45, 7) is 29.9. The van der Waals surface area contributed by atoms with E-state index in [1.807, 2.05) is 55.4 Å². The fraction of sp³-hybridized carbons (Fsp3) is 0.731. The number of amides is 11. The van der Waals surface area contributed by atoms with E-state index in [0.717, 1.165) is 21.6 Å². The zero-order valence-corrected chi connectivity index (χ0v) is 60.4. The van der Waals surface area contributed by atoms with Gasteiger partial charge < -0.3 is 60.7 Å². The van der Waals surface area contributed by atoms with Gasteiger partial charge in [-0.05, 0) is 113 Å². The highest BCUT2D eigenvalue weighted by Crippen LogP contribution is 2.29. The summed E-state index contributed by atoms with van der Waals surface area (Å²) in [7, 11) is 9.93. The van der Waals surface area contributed by atoms with Gasteiger partial charge in [-0.2, -0.15) is 0 Å². The molecule has 0 aliphatic carbocycles. The van der Waals surface area contributed by atoms with Crippen LogP contribution in [0.5, 0.6) is 0 Å². The summed E-state index contributed by atoms with van der Waals surface area (Å²) in [5.74, 6) is -10.2. The topological polar surface area (TPSA) is 292 Å². The van der Waals surface area contributed by atoms with Crippen LogP contribution in [0.3, 0.4) is 0 Å². The van der Waals surface area contributed by atoms with Crippen LogP contribution in [0.15, 0.2) is 41.6 Å². The van der Waals surface area contributed by atoms with Crippen LogP contribution in [0, 0.1) is 41.4 Å². The van der Waals surface area contributed by atoms with Gasteiger partial charge in [0.15, 0.2) is 5.37 Å². The molecule has 1 fully saturated rings. The third kappa shape index (κ3) is 22.3. The van der Waals surface area contributed by atoms with Crippen LogP contribution in [0.2, 0.25) is 0 Å². The molecule has 1 aromatic heterocycles. The van der Waals surface area contributed by atoms with Crippen LogP contribution in [0.25, 0.3) is 0 Å². The van der Waals surface area contributed by atoms with E-state index in [1.165, 1.54) is 93.9 Å². The average molecular weight is 1310 g/mol. The van der Waals surface area contributed by atoms with Crippen molar-refractivity contribution in [3.05, 3.63) is 36.5 Å². The lowest BCUT2D eigenvalue weighted by Gasteiger charge is -2.41. The number of pyridine rings is 1. The van der Waals surface area contributed by atoms with Gasteiger partial charge in [-0.15, -0.1) is 0 Å². The lowest BCUT2D eigenvalue weighted by Crippen LogP contribution is -2.64. The van der Waals surface area contributed by atoms with E-state index < -0.39 is 155 Å². The minimum Gasteiger partial charge on any atom is -0.390 e. The number of aliphatic hydroxyl groups excluding tert-OH is 1. The quantitative estimate of drug-likeness (QED) is 0.131. The molecule has 2 rings (SSSR count). The highest BCUT2D eigenvalue weighted by molar-refractivity contribution is 8.00. The van der Waals surface area contributed by atoms with E-state index >= 15 is 28.8 Å². The van der Waals surface area contributed by atoms with E-state index in [4.69, 9.17) is 0 Å². The maximum Gasteiger partial charge on any atom is 0.256 e. The van der Waals surface area contributed by atoms with E-state index in [-0.39, 0.29) is 62.2 Å². The minimum absolute atomic E-state index is 0.0317. The molecule has 0 radical (unpaired) electrons. The van der Waals surface area contributed by atoms with Gasteiger partial charge >= 0.3 is 0 Å². The molecule has 1 aromatic rings. The molecule has 1 aliphatic rings. The Labute approximate surface area is 553 Å². The SMILES string of the molecule is C/C=C/C[C@@H](C)[C@@H](O)[C@H]1C(=O)N[C@@H](CC)C(=O)N(C)[C@H](Sc2ccccn2)C(=O)N(C)[C@@H](CC(C)C)C(=O)N[C@@H](C(C)C)C(=O)N(C)[C@@H](CC(C)C)C(=O)N[C@@H](C)C(=O)N[C@H](C)C(=O)N(C)[C@@H](CC(C)C)C(=O)N(C)[C@@H](CC(C)C)C(=O)N(C)[C@@H](C(C)C)C(=O)N1C. The lowest BCUT2D eigenvalue weighted by molar-refractivity contribution is -0.157. The Balaban J connectivity index is 3.12. The Morgan fingerprint density at radius 2 is 0.935 bits per heavy atom. The first-order valence-electron chi connectivity index (χ1n) is 32.6. The number of aromatic nitrogens is 1. The molecule has 0 saturated carbocycles. The normalized spacial score (nSPS) is 26.5. The van der Waals surface area contributed by atoms with Crippen molar-refractivity contribution in [1.29, 1.82) is 0 Å².